The molecule has 0 bridgehead atoms. The number of amides is 1. The molecule has 0 saturated carbocycles. The van der Waals surface area contributed by atoms with Crippen molar-refractivity contribution >= 4 is 40.5 Å². The molecule has 0 radical (unpaired) electrons. The Kier molecular flexibility index (Phi) is 6.17. The molecule has 0 aliphatic heterocycles. The van der Waals surface area contributed by atoms with Crippen LogP contribution in [0.4, 0.5) is 11.4 Å². The molecule has 0 unspecified atom stereocenters. The number of hydrogen-bond donors (Lipinski definition) is 2. The number of nitrogens with one attached hydrogen (secondary N) is 2. The maximum atomic E-state index is 12.2. The van der Waals surface area contributed by atoms with Crippen LogP contribution in [0.2, 0.25) is 10.0 Å². The average Bonchev–Trinajstić information content (AvgIpc) is 2.55. The molecule has 5 nitrogen and oxygen atoms in total. The van der Waals surface area contributed by atoms with Crippen molar-refractivity contribution < 1.29 is 14.3 Å². The fourth-order valence-corrected chi connectivity index (χ4v) is 2.62. The fourth-order valence-electron chi connectivity index (χ4n) is 2.09. The Hall–Kier alpha value is -2.11. The number of benzene rings is 2. The first-order valence-corrected chi connectivity index (χ1v) is 7.91. The molecule has 128 valence electrons. The predicted octanol–water partition coefficient (Wildman–Crippen LogP) is 4.37. The van der Waals surface area contributed by atoms with Gasteiger partial charge >= 0.3 is 0 Å². The summed E-state index contributed by atoms with van der Waals surface area (Å²) in [6, 6.07) is 8.77. The first-order valence-electron chi connectivity index (χ1n) is 7.16. The van der Waals surface area contributed by atoms with E-state index in [-0.39, 0.29) is 12.5 Å². The maximum absolute atomic E-state index is 12.2. The highest BCUT2D eigenvalue weighted by molar-refractivity contribution is 6.33. The standard InChI is InChI=1S/C17H18Cl2N2O3/c1-10-4-5-13(11(18)6-10)20-9-17(22)21-14-8-15(23-2)12(19)7-16(14)24-3/h4-8,20H,9H2,1-3H3,(H,21,22). The molecular formula is C17H18Cl2N2O3. The Labute approximate surface area is 150 Å². The molecule has 0 spiro atoms. The van der Waals surface area contributed by atoms with Crippen LogP contribution in [0.5, 0.6) is 11.5 Å². The van der Waals surface area contributed by atoms with Crippen LogP contribution in [0.3, 0.4) is 0 Å². The molecule has 2 aromatic carbocycles. The van der Waals surface area contributed by atoms with Gasteiger partial charge in [0.05, 0.1) is 42.2 Å². The minimum absolute atomic E-state index is 0.0525. The number of hydrogen-bond acceptors (Lipinski definition) is 4. The summed E-state index contributed by atoms with van der Waals surface area (Å²) in [7, 11) is 3.00. The summed E-state index contributed by atoms with van der Waals surface area (Å²) >= 11 is 12.2. The molecule has 2 rings (SSSR count). The molecule has 0 saturated heterocycles. The molecule has 2 N–H and O–H groups in total. The third kappa shape index (κ3) is 4.46. The number of ether oxygens (including phenoxy) is 2. The second-order valence-corrected chi connectivity index (χ2v) is 5.89. The molecular weight excluding hydrogens is 351 g/mol. The van der Waals surface area contributed by atoms with Gasteiger partial charge in [0.25, 0.3) is 0 Å². The van der Waals surface area contributed by atoms with Gasteiger partial charge < -0.3 is 20.1 Å². The van der Waals surface area contributed by atoms with Crippen molar-refractivity contribution in [3.8, 4) is 11.5 Å². The van der Waals surface area contributed by atoms with E-state index in [1.54, 1.807) is 12.1 Å². The Bertz CT molecular complexity index is 751. The largest absolute Gasteiger partial charge is 0.495 e. The van der Waals surface area contributed by atoms with Crippen LogP contribution < -0.4 is 20.1 Å². The first kappa shape index (κ1) is 18.2. The van der Waals surface area contributed by atoms with Crippen molar-refractivity contribution in [1.82, 2.24) is 0 Å². The number of methoxy groups -OCH3 is 2. The van der Waals surface area contributed by atoms with Gasteiger partial charge in [-0.1, -0.05) is 29.3 Å². The van der Waals surface area contributed by atoms with E-state index in [0.717, 1.165) is 5.56 Å². The normalized spacial score (nSPS) is 10.2. The van der Waals surface area contributed by atoms with Gasteiger partial charge in [0.1, 0.15) is 11.5 Å². The van der Waals surface area contributed by atoms with E-state index < -0.39 is 0 Å². The molecule has 0 aliphatic rings. The molecule has 1 amide bonds. The van der Waals surface area contributed by atoms with Gasteiger partial charge in [-0.05, 0) is 24.6 Å². The smallest absolute Gasteiger partial charge is 0.243 e. The van der Waals surface area contributed by atoms with Gasteiger partial charge in [0, 0.05) is 12.1 Å². The number of carbonyl (C=O) groups excluding carboxylic acids is 1. The lowest BCUT2D eigenvalue weighted by Gasteiger charge is -2.14. The van der Waals surface area contributed by atoms with Crippen LogP contribution in [-0.4, -0.2) is 26.7 Å². The highest BCUT2D eigenvalue weighted by atomic mass is 35.5. The second kappa shape index (κ2) is 8.13. The summed E-state index contributed by atoms with van der Waals surface area (Å²) in [5.74, 6) is 0.638. The van der Waals surface area contributed by atoms with Gasteiger partial charge in [-0.3, -0.25) is 4.79 Å². The molecule has 0 fully saturated rings. The highest BCUT2D eigenvalue weighted by Crippen LogP contribution is 2.35. The van der Waals surface area contributed by atoms with E-state index in [1.165, 1.54) is 14.2 Å². The van der Waals surface area contributed by atoms with Crippen LogP contribution in [0, 0.1) is 6.92 Å². The van der Waals surface area contributed by atoms with E-state index in [1.807, 2.05) is 25.1 Å². The molecule has 0 heterocycles. The van der Waals surface area contributed by atoms with Crippen LogP contribution in [-0.2, 0) is 4.79 Å². The number of aryl methyl sites for hydroxylation is 1. The maximum Gasteiger partial charge on any atom is 0.243 e. The Morgan fingerprint density at radius 2 is 1.71 bits per heavy atom. The van der Waals surface area contributed by atoms with E-state index in [2.05, 4.69) is 10.6 Å². The molecule has 2 aromatic rings. The quantitative estimate of drug-likeness (QED) is 0.794. The van der Waals surface area contributed by atoms with E-state index in [9.17, 15) is 4.79 Å². The Morgan fingerprint density at radius 1 is 1.00 bits per heavy atom. The third-order valence-corrected chi connectivity index (χ3v) is 3.92. The van der Waals surface area contributed by atoms with Crippen LogP contribution in [0.25, 0.3) is 0 Å². The minimum Gasteiger partial charge on any atom is -0.495 e. The average molecular weight is 369 g/mol. The van der Waals surface area contributed by atoms with Gasteiger partial charge in [0.2, 0.25) is 5.91 Å². The zero-order valence-corrected chi connectivity index (χ0v) is 15.1. The summed E-state index contributed by atoms with van der Waals surface area (Å²) in [6.07, 6.45) is 0. The first-order chi connectivity index (χ1) is 11.4. The zero-order chi connectivity index (χ0) is 17.7. The Morgan fingerprint density at radius 3 is 2.33 bits per heavy atom. The fraction of sp³-hybridized carbons (Fsp3) is 0.235. The second-order valence-electron chi connectivity index (χ2n) is 5.07. The highest BCUT2D eigenvalue weighted by Gasteiger charge is 2.13. The van der Waals surface area contributed by atoms with Crippen molar-refractivity contribution in [2.24, 2.45) is 0 Å². The van der Waals surface area contributed by atoms with Crippen LogP contribution in [0.15, 0.2) is 30.3 Å². The summed E-state index contributed by atoms with van der Waals surface area (Å²) in [5, 5.41) is 6.72. The van der Waals surface area contributed by atoms with E-state index in [0.29, 0.717) is 32.9 Å². The number of halogens is 2. The molecule has 0 atom stereocenters. The predicted molar refractivity (Wildman–Crippen MR) is 97.9 cm³/mol. The van der Waals surface area contributed by atoms with Crippen LogP contribution >= 0.6 is 23.2 Å². The lowest BCUT2D eigenvalue weighted by Crippen LogP contribution is -2.22. The summed E-state index contributed by atoms with van der Waals surface area (Å²) in [6.45, 7) is 2.00. The lowest BCUT2D eigenvalue weighted by atomic mass is 10.2. The zero-order valence-electron chi connectivity index (χ0n) is 13.6. The summed E-state index contributed by atoms with van der Waals surface area (Å²) in [5.41, 5.74) is 2.21. The molecule has 0 aliphatic carbocycles. The molecule has 0 aromatic heterocycles. The topological polar surface area (TPSA) is 59.6 Å². The van der Waals surface area contributed by atoms with Crippen molar-refractivity contribution in [1.29, 1.82) is 0 Å². The van der Waals surface area contributed by atoms with E-state index >= 15 is 0 Å². The number of carbonyl (C=O) groups is 1. The number of rotatable bonds is 6. The van der Waals surface area contributed by atoms with Crippen molar-refractivity contribution in [3.63, 3.8) is 0 Å². The van der Waals surface area contributed by atoms with Crippen LogP contribution in [0.1, 0.15) is 5.56 Å². The van der Waals surface area contributed by atoms with Gasteiger partial charge in [0.15, 0.2) is 0 Å². The van der Waals surface area contributed by atoms with Crippen molar-refractivity contribution in [2.45, 2.75) is 6.92 Å². The van der Waals surface area contributed by atoms with Crippen molar-refractivity contribution in [3.05, 3.63) is 45.9 Å². The molecule has 24 heavy (non-hydrogen) atoms. The molecule has 7 heteroatoms. The van der Waals surface area contributed by atoms with Crippen molar-refractivity contribution in [2.75, 3.05) is 31.4 Å². The summed E-state index contributed by atoms with van der Waals surface area (Å²) < 4.78 is 10.4. The monoisotopic (exact) mass is 368 g/mol. The Balaban J connectivity index is 2.06. The van der Waals surface area contributed by atoms with Gasteiger partial charge in [-0.2, -0.15) is 0 Å². The summed E-state index contributed by atoms with van der Waals surface area (Å²) in [4.78, 5) is 12.2. The SMILES string of the molecule is COc1cc(NC(=O)CNc2ccc(C)cc2Cl)c(OC)cc1Cl. The lowest BCUT2D eigenvalue weighted by molar-refractivity contribution is -0.114. The van der Waals surface area contributed by atoms with E-state index in [4.69, 9.17) is 32.7 Å². The van der Waals surface area contributed by atoms with Gasteiger partial charge in [-0.15, -0.1) is 0 Å². The van der Waals surface area contributed by atoms with Gasteiger partial charge in [-0.25, -0.2) is 0 Å². The number of anilines is 2. The third-order valence-electron chi connectivity index (χ3n) is 3.31. The minimum atomic E-state index is -0.255.